The Morgan fingerprint density at radius 3 is 1.88 bits per heavy atom. The predicted octanol–water partition coefficient (Wildman–Crippen LogP) is 0.514. The van der Waals surface area contributed by atoms with Crippen molar-refractivity contribution in [2.24, 2.45) is 0 Å². The maximum Gasteiger partial charge on any atom is 0.403 e. The SMILES string of the molecule is CC(N1CCN(S(C)(=O)=O)CC1)C(F)(F)F. The minimum Gasteiger partial charge on any atom is -0.290 e. The number of halogens is 3. The Morgan fingerprint density at radius 1 is 1.12 bits per heavy atom. The van der Waals surface area contributed by atoms with Crippen molar-refractivity contribution in [1.82, 2.24) is 9.21 Å². The summed E-state index contributed by atoms with van der Waals surface area (Å²) >= 11 is 0. The summed E-state index contributed by atoms with van der Waals surface area (Å²) in [4.78, 5) is 1.25. The largest absolute Gasteiger partial charge is 0.403 e. The van der Waals surface area contributed by atoms with Gasteiger partial charge >= 0.3 is 6.18 Å². The van der Waals surface area contributed by atoms with Crippen LogP contribution in [0.1, 0.15) is 6.92 Å². The number of alkyl halides is 3. The van der Waals surface area contributed by atoms with Gasteiger partial charge in [0.05, 0.1) is 6.26 Å². The van der Waals surface area contributed by atoms with Gasteiger partial charge in [0.15, 0.2) is 0 Å². The monoisotopic (exact) mass is 260 g/mol. The molecule has 0 N–H and O–H groups in total. The first kappa shape index (κ1) is 13.7. The summed E-state index contributed by atoms with van der Waals surface area (Å²) < 4.78 is 60.7. The van der Waals surface area contributed by atoms with Gasteiger partial charge in [-0.25, -0.2) is 8.42 Å². The topological polar surface area (TPSA) is 40.6 Å². The summed E-state index contributed by atoms with van der Waals surface area (Å²) in [6, 6.07) is -1.52. The highest BCUT2D eigenvalue weighted by atomic mass is 32.2. The van der Waals surface area contributed by atoms with Crippen molar-refractivity contribution in [2.45, 2.75) is 19.1 Å². The van der Waals surface area contributed by atoms with Gasteiger partial charge < -0.3 is 0 Å². The van der Waals surface area contributed by atoms with Gasteiger partial charge in [0.2, 0.25) is 10.0 Å². The van der Waals surface area contributed by atoms with E-state index in [4.69, 9.17) is 0 Å². The molecule has 1 heterocycles. The van der Waals surface area contributed by atoms with Gasteiger partial charge in [0.25, 0.3) is 0 Å². The molecule has 1 aliphatic heterocycles. The van der Waals surface area contributed by atoms with Crippen LogP contribution in [0.3, 0.4) is 0 Å². The zero-order chi connectivity index (χ0) is 12.6. The Labute approximate surface area is 93.1 Å². The van der Waals surface area contributed by atoms with Gasteiger partial charge in [0, 0.05) is 26.2 Å². The van der Waals surface area contributed by atoms with Gasteiger partial charge in [0.1, 0.15) is 6.04 Å². The molecule has 1 unspecified atom stereocenters. The minimum atomic E-state index is -4.26. The van der Waals surface area contributed by atoms with Gasteiger partial charge in [-0.1, -0.05) is 0 Å². The van der Waals surface area contributed by atoms with E-state index in [9.17, 15) is 21.6 Å². The van der Waals surface area contributed by atoms with Crippen molar-refractivity contribution in [3.05, 3.63) is 0 Å². The number of nitrogens with zero attached hydrogens (tertiary/aromatic N) is 2. The molecule has 0 bridgehead atoms. The molecule has 0 aromatic rings. The molecular formula is C8H15F3N2O2S. The molecule has 1 rings (SSSR count). The maximum atomic E-state index is 12.4. The van der Waals surface area contributed by atoms with Crippen LogP contribution < -0.4 is 0 Å². The van der Waals surface area contributed by atoms with Crippen LogP contribution in [0.15, 0.2) is 0 Å². The molecule has 0 spiro atoms. The Balaban J connectivity index is 2.56. The van der Waals surface area contributed by atoms with Crippen LogP contribution in [0, 0.1) is 0 Å². The highest BCUT2D eigenvalue weighted by Gasteiger charge is 2.41. The Hall–Kier alpha value is -0.340. The van der Waals surface area contributed by atoms with E-state index in [-0.39, 0.29) is 26.2 Å². The van der Waals surface area contributed by atoms with Crippen LogP contribution >= 0.6 is 0 Å². The third-order valence-electron chi connectivity index (χ3n) is 2.76. The lowest BCUT2D eigenvalue weighted by molar-refractivity contribution is -0.181. The van der Waals surface area contributed by atoms with Crippen molar-refractivity contribution < 1.29 is 21.6 Å². The zero-order valence-corrected chi connectivity index (χ0v) is 9.98. The first-order valence-electron chi connectivity index (χ1n) is 4.88. The van der Waals surface area contributed by atoms with Crippen LogP contribution in [0.2, 0.25) is 0 Å². The summed E-state index contributed by atoms with van der Waals surface area (Å²) in [6.45, 7) is 1.58. The second kappa shape index (κ2) is 4.50. The fourth-order valence-corrected chi connectivity index (χ4v) is 2.46. The number of piperazine rings is 1. The van der Waals surface area contributed by atoms with E-state index in [1.165, 1.54) is 9.21 Å². The summed E-state index contributed by atoms with van der Waals surface area (Å²) in [5, 5.41) is 0. The quantitative estimate of drug-likeness (QED) is 0.726. The van der Waals surface area contributed by atoms with E-state index in [2.05, 4.69) is 0 Å². The number of hydrogen-bond donors (Lipinski definition) is 0. The normalized spacial score (nSPS) is 23.3. The average molecular weight is 260 g/mol. The molecule has 0 radical (unpaired) electrons. The fourth-order valence-electron chi connectivity index (χ4n) is 1.63. The highest BCUT2D eigenvalue weighted by molar-refractivity contribution is 7.88. The molecule has 0 aromatic carbocycles. The third-order valence-corrected chi connectivity index (χ3v) is 4.07. The van der Waals surface area contributed by atoms with Gasteiger partial charge in [-0.2, -0.15) is 17.5 Å². The van der Waals surface area contributed by atoms with Crippen molar-refractivity contribution in [2.75, 3.05) is 32.4 Å². The van der Waals surface area contributed by atoms with Crippen LogP contribution in [0.5, 0.6) is 0 Å². The Bertz CT molecular complexity index is 334. The number of hydrogen-bond acceptors (Lipinski definition) is 3. The standard InChI is InChI=1S/C8H15F3N2O2S/c1-7(8(9,10)11)12-3-5-13(6-4-12)16(2,14)15/h7H,3-6H2,1-2H3. The van der Waals surface area contributed by atoms with E-state index in [0.29, 0.717) is 0 Å². The minimum absolute atomic E-state index is 0.119. The van der Waals surface area contributed by atoms with Gasteiger partial charge in [-0.15, -0.1) is 0 Å². The van der Waals surface area contributed by atoms with E-state index < -0.39 is 22.2 Å². The van der Waals surface area contributed by atoms with Crippen molar-refractivity contribution in [1.29, 1.82) is 0 Å². The number of rotatable bonds is 2. The molecule has 1 saturated heterocycles. The van der Waals surface area contributed by atoms with Crippen LogP contribution in [0.4, 0.5) is 13.2 Å². The molecular weight excluding hydrogens is 245 g/mol. The van der Waals surface area contributed by atoms with Gasteiger partial charge in [-0.3, -0.25) is 4.90 Å². The molecule has 0 aromatic heterocycles. The smallest absolute Gasteiger partial charge is 0.290 e. The van der Waals surface area contributed by atoms with E-state index in [1.54, 1.807) is 0 Å². The lowest BCUT2D eigenvalue weighted by atomic mass is 10.2. The molecule has 1 aliphatic rings. The zero-order valence-electron chi connectivity index (χ0n) is 9.16. The van der Waals surface area contributed by atoms with Crippen molar-refractivity contribution >= 4 is 10.0 Å². The van der Waals surface area contributed by atoms with E-state index in [1.807, 2.05) is 0 Å². The number of sulfonamides is 1. The summed E-state index contributed by atoms with van der Waals surface area (Å²) in [5.74, 6) is 0. The average Bonchev–Trinajstić information content (AvgIpc) is 2.14. The van der Waals surface area contributed by atoms with Crippen molar-refractivity contribution in [3.63, 3.8) is 0 Å². The maximum absolute atomic E-state index is 12.4. The summed E-state index contributed by atoms with van der Waals surface area (Å²) in [5.41, 5.74) is 0. The molecule has 0 amide bonds. The van der Waals surface area contributed by atoms with Crippen LogP contribution in [-0.4, -0.2) is 62.3 Å². The molecule has 1 atom stereocenters. The first-order valence-corrected chi connectivity index (χ1v) is 6.73. The summed E-state index contributed by atoms with van der Waals surface area (Å²) in [6.07, 6.45) is -3.19. The third kappa shape index (κ3) is 3.33. The van der Waals surface area contributed by atoms with E-state index >= 15 is 0 Å². The first-order chi connectivity index (χ1) is 7.12. The molecule has 0 aliphatic carbocycles. The van der Waals surface area contributed by atoms with Gasteiger partial charge in [-0.05, 0) is 6.92 Å². The van der Waals surface area contributed by atoms with Crippen molar-refractivity contribution in [3.8, 4) is 0 Å². The molecule has 0 saturated carbocycles. The van der Waals surface area contributed by atoms with E-state index in [0.717, 1.165) is 13.2 Å². The second-order valence-electron chi connectivity index (χ2n) is 3.92. The fraction of sp³-hybridized carbons (Fsp3) is 1.00. The van der Waals surface area contributed by atoms with Crippen LogP contribution in [-0.2, 0) is 10.0 Å². The predicted molar refractivity (Wildman–Crippen MR) is 53.5 cm³/mol. The lowest BCUT2D eigenvalue weighted by Crippen LogP contribution is -2.54. The molecule has 96 valence electrons. The Kier molecular flexibility index (Phi) is 3.86. The molecule has 8 heteroatoms. The second-order valence-corrected chi connectivity index (χ2v) is 5.90. The Morgan fingerprint density at radius 2 is 1.56 bits per heavy atom. The molecule has 4 nitrogen and oxygen atoms in total. The highest BCUT2D eigenvalue weighted by Crippen LogP contribution is 2.25. The van der Waals surface area contributed by atoms with Crippen LogP contribution in [0.25, 0.3) is 0 Å². The molecule has 16 heavy (non-hydrogen) atoms. The summed E-state index contributed by atoms with van der Waals surface area (Å²) in [7, 11) is -3.29. The molecule has 1 fully saturated rings. The lowest BCUT2D eigenvalue weighted by Gasteiger charge is -2.37.